The molecule has 5 heteroatoms. The van der Waals surface area contributed by atoms with Gasteiger partial charge in [-0.05, 0) is 103 Å². The lowest BCUT2D eigenvalue weighted by molar-refractivity contribution is 0.0600. The Bertz CT molecular complexity index is 1480. The van der Waals surface area contributed by atoms with Crippen molar-refractivity contribution in [2.45, 2.75) is 45.4 Å². The minimum Gasteiger partial charge on any atom is -0.465 e. The van der Waals surface area contributed by atoms with E-state index >= 15 is 0 Å². The number of hydrogen-bond donors (Lipinski definition) is 0. The lowest BCUT2D eigenvalue weighted by Gasteiger charge is -2.33. The quantitative estimate of drug-likeness (QED) is 0.176. The molecule has 5 rings (SSSR count). The summed E-state index contributed by atoms with van der Waals surface area (Å²) in [7, 11) is 1.34. The number of esters is 2. The Morgan fingerprint density at radius 3 is 1.57 bits per heavy atom. The maximum Gasteiger partial charge on any atom is 0.343 e. The number of carbonyl (C=O) groups is 2. The van der Waals surface area contributed by atoms with Gasteiger partial charge in [-0.15, -0.1) is 0 Å². The highest BCUT2D eigenvalue weighted by Gasteiger charge is 2.45. The highest BCUT2D eigenvalue weighted by molar-refractivity contribution is 5.91. The third kappa shape index (κ3) is 5.79. The molecular formula is C35H34O5. The van der Waals surface area contributed by atoms with E-state index in [-0.39, 0.29) is 10.8 Å². The van der Waals surface area contributed by atoms with Crippen LogP contribution in [0.3, 0.4) is 0 Å². The van der Waals surface area contributed by atoms with Crippen molar-refractivity contribution in [3.63, 3.8) is 0 Å². The van der Waals surface area contributed by atoms with Gasteiger partial charge in [0, 0.05) is 5.41 Å². The van der Waals surface area contributed by atoms with E-state index in [9.17, 15) is 9.59 Å². The molecule has 204 valence electrons. The normalized spacial score (nSPS) is 17.7. The van der Waals surface area contributed by atoms with Gasteiger partial charge in [-0.3, -0.25) is 0 Å². The Kier molecular flexibility index (Phi) is 7.49. The van der Waals surface area contributed by atoms with Crippen LogP contribution in [-0.4, -0.2) is 19.0 Å². The molecule has 0 bridgehead atoms. The molecule has 0 aliphatic heterocycles. The number of benzene rings is 4. The maximum absolute atomic E-state index is 12.8. The molecular weight excluding hydrogens is 500 g/mol. The third-order valence-electron chi connectivity index (χ3n) is 7.83. The first-order valence-electron chi connectivity index (χ1n) is 13.5. The summed E-state index contributed by atoms with van der Waals surface area (Å²) in [5.74, 6) is 0.801. The molecule has 1 unspecified atom stereocenters. The van der Waals surface area contributed by atoms with E-state index in [0.717, 1.165) is 19.3 Å². The van der Waals surface area contributed by atoms with Gasteiger partial charge in [-0.25, -0.2) is 9.59 Å². The van der Waals surface area contributed by atoms with Crippen molar-refractivity contribution in [2.24, 2.45) is 5.41 Å². The fraction of sp³-hybridized carbons (Fsp3) is 0.257. The molecule has 40 heavy (non-hydrogen) atoms. The van der Waals surface area contributed by atoms with Gasteiger partial charge in [0.05, 0.1) is 18.2 Å². The van der Waals surface area contributed by atoms with Crippen LogP contribution in [0.2, 0.25) is 0 Å². The number of carbonyl (C=O) groups excluding carboxylic acids is 2. The van der Waals surface area contributed by atoms with Crippen LogP contribution in [0.25, 0.3) is 0 Å². The molecule has 0 saturated heterocycles. The van der Waals surface area contributed by atoms with Gasteiger partial charge >= 0.3 is 11.9 Å². The van der Waals surface area contributed by atoms with E-state index in [0.29, 0.717) is 28.4 Å². The predicted molar refractivity (Wildman–Crippen MR) is 155 cm³/mol. The molecule has 0 N–H and O–H groups in total. The van der Waals surface area contributed by atoms with Gasteiger partial charge < -0.3 is 14.2 Å². The standard InChI is InChI=1S/C35H34O5/c1-24-5-11-27(12-6-24)35(22-21-34(2,3)23-35)28-13-19-31(20-14-28)40-33(37)26-9-17-30(18-10-26)39-29-15-7-25(8-16-29)32(36)38-4/h5-20H,21-23H2,1-4H3. The topological polar surface area (TPSA) is 61.8 Å². The fourth-order valence-electron chi connectivity index (χ4n) is 5.66. The molecule has 0 aromatic heterocycles. The van der Waals surface area contributed by atoms with E-state index in [2.05, 4.69) is 57.2 Å². The largest absolute Gasteiger partial charge is 0.465 e. The van der Waals surface area contributed by atoms with Gasteiger partial charge in [0.15, 0.2) is 0 Å². The smallest absolute Gasteiger partial charge is 0.343 e. The number of rotatable bonds is 7. The maximum atomic E-state index is 12.8. The Balaban J connectivity index is 1.26. The average Bonchev–Trinajstić information content (AvgIpc) is 3.30. The minimum absolute atomic E-state index is 0.0464. The zero-order valence-corrected chi connectivity index (χ0v) is 23.4. The molecule has 1 atom stereocenters. The number of aryl methyl sites for hydroxylation is 1. The SMILES string of the molecule is COC(=O)c1ccc(Oc2ccc(C(=O)Oc3ccc(C4(c5ccc(C)cc5)CCC(C)(C)C4)cc3)cc2)cc1. The zero-order chi connectivity index (χ0) is 28.3. The summed E-state index contributed by atoms with van der Waals surface area (Å²) in [5, 5.41) is 0. The highest BCUT2D eigenvalue weighted by Crippen LogP contribution is 2.54. The van der Waals surface area contributed by atoms with E-state index in [1.807, 2.05) is 12.1 Å². The van der Waals surface area contributed by atoms with E-state index in [4.69, 9.17) is 14.2 Å². The van der Waals surface area contributed by atoms with Crippen LogP contribution in [0.15, 0.2) is 97.1 Å². The summed E-state index contributed by atoms with van der Waals surface area (Å²) >= 11 is 0. The second-order valence-corrected chi connectivity index (χ2v) is 11.3. The summed E-state index contributed by atoms with van der Waals surface area (Å²) in [6.45, 7) is 6.80. The summed E-state index contributed by atoms with van der Waals surface area (Å²) < 4.78 is 16.2. The van der Waals surface area contributed by atoms with Gasteiger partial charge in [-0.1, -0.05) is 55.8 Å². The summed E-state index contributed by atoms with van der Waals surface area (Å²) in [4.78, 5) is 24.4. The van der Waals surface area contributed by atoms with Crippen LogP contribution in [0.1, 0.15) is 70.5 Å². The molecule has 0 heterocycles. The van der Waals surface area contributed by atoms with Crippen LogP contribution in [0, 0.1) is 12.3 Å². The summed E-state index contributed by atoms with van der Waals surface area (Å²) in [6, 6.07) is 30.3. The highest BCUT2D eigenvalue weighted by atomic mass is 16.5. The lowest BCUT2D eigenvalue weighted by Crippen LogP contribution is -2.25. The van der Waals surface area contributed by atoms with Crippen LogP contribution < -0.4 is 9.47 Å². The summed E-state index contributed by atoms with van der Waals surface area (Å²) in [6.07, 6.45) is 3.33. The molecule has 4 aromatic carbocycles. The molecule has 1 saturated carbocycles. The average molecular weight is 535 g/mol. The van der Waals surface area contributed by atoms with Crippen LogP contribution in [0.4, 0.5) is 0 Å². The van der Waals surface area contributed by atoms with Crippen molar-refractivity contribution in [1.82, 2.24) is 0 Å². The Morgan fingerprint density at radius 2 is 1.10 bits per heavy atom. The minimum atomic E-state index is -0.433. The molecule has 0 amide bonds. The third-order valence-corrected chi connectivity index (χ3v) is 7.83. The molecule has 4 aromatic rings. The van der Waals surface area contributed by atoms with Crippen molar-refractivity contribution < 1.29 is 23.8 Å². The van der Waals surface area contributed by atoms with E-state index in [1.165, 1.54) is 23.8 Å². The van der Waals surface area contributed by atoms with E-state index < -0.39 is 11.9 Å². The van der Waals surface area contributed by atoms with E-state index in [1.54, 1.807) is 48.5 Å². The second-order valence-electron chi connectivity index (χ2n) is 11.3. The first-order chi connectivity index (χ1) is 19.2. The first kappa shape index (κ1) is 27.2. The summed E-state index contributed by atoms with van der Waals surface area (Å²) in [5.41, 5.74) is 4.93. The Morgan fingerprint density at radius 1 is 0.625 bits per heavy atom. The van der Waals surface area contributed by atoms with Crippen LogP contribution in [0.5, 0.6) is 17.2 Å². The van der Waals surface area contributed by atoms with Gasteiger partial charge in [-0.2, -0.15) is 0 Å². The Labute approximate surface area is 235 Å². The molecule has 1 aliphatic rings. The van der Waals surface area contributed by atoms with Crippen molar-refractivity contribution in [2.75, 3.05) is 7.11 Å². The van der Waals surface area contributed by atoms with Crippen molar-refractivity contribution in [3.05, 3.63) is 125 Å². The zero-order valence-electron chi connectivity index (χ0n) is 23.4. The second kappa shape index (κ2) is 11.0. The monoisotopic (exact) mass is 534 g/mol. The Hall–Kier alpha value is -4.38. The molecule has 5 nitrogen and oxygen atoms in total. The number of hydrogen-bond acceptors (Lipinski definition) is 5. The van der Waals surface area contributed by atoms with Gasteiger partial charge in [0.1, 0.15) is 17.2 Å². The molecule has 0 spiro atoms. The van der Waals surface area contributed by atoms with Crippen LogP contribution in [-0.2, 0) is 10.2 Å². The van der Waals surface area contributed by atoms with Crippen molar-refractivity contribution >= 4 is 11.9 Å². The van der Waals surface area contributed by atoms with Crippen LogP contribution >= 0.6 is 0 Å². The van der Waals surface area contributed by atoms with Gasteiger partial charge in [0.25, 0.3) is 0 Å². The fourth-order valence-corrected chi connectivity index (χ4v) is 5.66. The lowest BCUT2D eigenvalue weighted by atomic mass is 9.71. The number of ether oxygens (including phenoxy) is 3. The van der Waals surface area contributed by atoms with Crippen molar-refractivity contribution in [3.8, 4) is 17.2 Å². The molecule has 1 aliphatic carbocycles. The van der Waals surface area contributed by atoms with Crippen molar-refractivity contribution in [1.29, 1.82) is 0 Å². The number of methoxy groups -OCH3 is 1. The van der Waals surface area contributed by atoms with Gasteiger partial charge in [0.2, 0.25) is 0 Å². The first-order valence-corrected chi connectivity index (χ1v) is 13.5. The predicted octanol–water partition coefficient (Wildman–Crippen LogP) is 8.29. The molecule has 0 radical (unpaired) electrons. The molecule has 1 fully saturated rings.